The molecule has 0 spiro atoms. The Hall–Kier alpha value is -3.36. The first-order chi connectivity index (χ1) is 13.1. The summed E-state index contributed by atoms with van der Waals surface area (Å²) < 4.78 is 1.49. The van der Waals surface area contributed by atoms with Gasteiger partial charge in [-0.25, -0.2) is 4.68 Å². The van der Waals surface area contributed by atoms with E-state index < -0.39 is 5.91 Å². The average Bonchev–Trinajstić information content (AvgIpc) is 3.44. The van der Waals surface area contributed by atoms with Crippen LogP contribution in [0.25, 0.3) is 5.69 Å². The molecule has 3 aliphatic rings. The monoisotopic (exact) mass is 364 g/mol. The van der Waals surface area contributed by atoms with Gasteiger partial charge in [-0.3, -0.25) is 19.3 Å². The highest BCUT2D eigenvalue weighted by Crippen LogP contribution is 2.52. The maximum absolute atomic E-state index is 12.6. The number of carbonyl (C=O) groups excluding carboxylic acids is 3. The lowest BCUT2D eigenvalue weighted by molar-refractivity contribution is -0.143. The summed E-state index contributed by atoms with van der Waals surface area (Å²) in [7, 11) is 0. The number of hydrogen-bond acceptors (Lipinski definition) is 6. The lowest BCUT2D eigenvalue weighted by atomic mass is 9.85. The van der Waals surface area contributed by atoms with Crippen molar-refractivity contribution in [2.75, 3.05) is 11.9 Å². The van der Waals surface area contributed by atoms with Gasteiger partial charge in [-0.05, 0) is 52.9 Å². The lowest BCUT2D eigenvalue weighted by Crippen LogP contribution is -2.39. The predicted molar refractivity (Wildman–Crippen MR) is 92.2 cm³/mol. The zero-order chi connectivity index (χ0) is 18.5. The highest BCUT2D eigenvalue weighted by molar-refractivity contribution is 6.09. The molecule has 1 aromatic carbocycles. The number of likely N-dealkylation sites (tertiary alicyclic amines) is 1. The number of hydrogen-bond donors (Lipinski definition) is 1. The summed E-state index contributed by atoms with van der Waals surface area (Å²) in [6.45, 7) is -0.251. The minimum absolute atomic E-state index is 0.142. The number of benzene rings is 1. The zero-order valence-corrected chi connectivity index (χ0v) is 14.2. The molecule has 0 unspecified atom stereocenters. The summed E-state index contributed by atoms with van der Waals surface area (Å²) in [6.07, 6.45) is 6.41. The highest BCUT2D eigenvalue weighted by atomic mass is 16.2. The molecule has 1 aromatic heterocycles. The molecule has 3 amide bonds. The van der Waals surface area contributed by atoms with E-state index in [1.807, 2.05) is 12.2 Å². The van der Waals surface area contributed by atoms with Gasteiger partial charge in [0, 0.05) is 5.69 Å². The molecule has 27 heavy (non-hydrogen) atoms. The van der Waals surface area contributed by atoms with Gasteiger partial charge in [0.1, 0.15) is 12.9 Å². The first-order valence-corrected chi connectivity index (χ1v) is 8.78. The van der Waals surface area contributed by atoms with Crippen LogP contribution in [0, 0.1) is 23.7 Å². The second-order valence-corrected chi connectivity index (χ2v) is 7.11. The van der Waals surface area contributed by atoms with Crippen molar-refractivity contribution in [1.29, 1.82) is 0 Å². The number of carbonyl (C=O) groups is 3. The van der Waals surface area contributed by atoms with Gasteiger partial charge in [0.15, 0.2) is 0 Å². The number of rotatable bonds is 4. The quantitative estimate of drug-likeness (QED) is 0.621. The number of nitrogens with zero attached hydrogens (tertiary/aromatic N) is 5. The van der Waals surface area contributed by atoms with Crippen LogP contribution in [0.15, 0.2) is 42.7 Å². The van der Waals surface area contributed by atoms with Crippen LogP contribution in [-0.4, -0.2) is 49.4 Å². The minimum atomic E-state index is -0.396. The Labute approximate surface area is 154 Å². The second-order valence-electron chi connectivity index (χ2n) is 7.11. The van der Waals surface area contributed by atoms with Crippen molar-refractivity contribution in [2.45, 2.75) is 6.42 Å². The normalized spacial score (nSPS) is 28.1. The molecule has 136 valence electrons. The molecule has 4 atom stereocenters. The van der Waals surface area contributed by atoms with Gasteiger partial charge in [0.05, 0.1) is 17.5 Å². The van der Waals surface area contributed by atoms with Crippen molar-refractivity contribution in [3.63, 3.8) is 0 Å². The molecule has 1 saturated carbocycles. The van der Waals surface area contributed by atoms with Gasteiger partial charge in [0.25, 0.3) is 0 Å². The Kier molecular flexibility index (Phi) is 3.43. The molecule has 2 aliphatic carbocycles. The van der Waals surface area contributed by atoms with Crippen LogP contribution in [0.1, 0.15) is 6.42 Å². The lowest BCUT2D eigenvalue weighted by Gasteiger charge is -2.16. The fourth-order valence-electron chi connectivity index (χ4n) is 4.44. The van der Waals surface area contributed by atoms with Crippen molar-refractivity contribution < 1.29 is 14.4 Å². The molecule has 2 heterocycles. The van der Waals surface area contributed by atoms with E-state index in [1.165, 1.54) is 11.0 Å². The number of imide groups is 1. The van der Waals surface area contributed by atoms with E-state index in [0.29, 0.717) is 5.69 Å². The van der Waals surface area contributed by atoms with E-state index in [9.17, 15) is 14.4 Å². The third-order valence-corrected chi connectivity index (χ3v) is 5.63. The van der Waals surface area contributed by atoms with Crippen LogP contribution >= 0.6 is 0 Å². The van der Waals surface area contributed by atoms with Gasteiger partial charge in [-0.15, -0.1) is 5.10 Å². The van der Waals surface area contributed by atoms with E-state index in [-0.39, 0.29) is 42.0 Å². The Bertz CT molecular complexity index is 922. The van der Waals surface area contributed by atoms with Crippen LogP contribution in [0.4, 0.5) is 5.69 Å². The number of nitrogens with one attached hydrogen (secondary N) is 1. The van der Waals surface area contributed by atoms with E-state index in [0.717, 1.165) is 17.0 Å². The maximum atomic E-state index is 12.6. The van der Waals surface area contributed by atoms with Crippen molar-refractivity contribution >= 4 is 23.4 Å². The summed E-state index contributed by atoms with van der Waals surface area (Å²) in [4.78, 5) is 38.7. The maximum Gasteiger partial charge on any atom is 0.244 e. The minimum Gasteiger partial charge on any atom is -0.325 e. The number of fused-ring (bicyclic) bond motifs is 5. The molecule has 2 fully saturated rings. The number of amides is 3. The SMILES string of the molecule is O=C(CN1C(=O)[C@@H]2[C@@H](C1=O)[C@H]1C=C[C@@H]2C1)Nc1ccc(-n2cnnn2)cc1. The second kappa shape index (κ2) is 5.83. The Morgan fingerprint density at radius 1 is 1.07 bits per heavy atom. The van der Waals surface area contributed by atoms with Crippen LogP contribution in [-0.2, 0) is 14.4 Å². The molecule has 9 nitrogen and oxygen atoms in total. The molecular weight excluding hydrogens is 348 g/mol. The van der Waals surface area contributed by atoms with Crippen molar-refractivity contribution in [2.24, 2.45) is 23.7 Å². The summed E-state index contributed by atoms with van der Waals surface area (Å²) in [6, 6.07) is 6.93. The third-order valence-electron chi connectivity index (χ3n) is 5.63. The number of aromatic nitrogens is 4. The topological polar surface area (TPSA) is 110 Å². The molecule has 1 saturated heterocycles. The first-order valence-electron chi connectivity index (χ1n) is 8.78. The fourth-order valence-corrected chi connectivity index (χ4v) is 4.44. The van der Waals surface area contributed by atoms with Gasteiger partial charge < -0.3 is 5.32 Å². The predicted octanol–water partition coefficient (Wildman–Crippen LogP) is 0.408. The highest BCUT2D eigenvalue weighted by Gasteiger charge is 2.59. The number of allylic oxidation sites excluding steroid dienone is 2. The number of tetrazole rings is 1. The Balaban J connectivity index is 1.25. The first kappa shape index (κ1) is 15.9. The largest absolute Gasteiger partial charge is 0.325 e. The summed E-state index contributed by atoms with van der Waals surface area (Å²) in [5.74, 6) is -1.11. The molecule has 2 aromatic rings. The Morgan fingerprint density at radius 3 is 2.33 bits per heavy atom. The van der Waals surface area contributed by atoms with Crippen molar-refractivity contribution in [3.05, 3.63) is 42.7 Å². The average molecular weight is 364 g/mol. The van der Waals surface area contributed by atoms with Gasteiger partial charge >= 0.3 is 0 Å². The fraction of sp³-hybridized carbons (Fsp3) is 0.333. The smallest absolute Gasteiger partial charge is 0.244 e. The van der Waals surface area contributed by atoms with Gasteiger partial charge in [-0.2, -0.15) is 0 Å². The Morgan fingerprint density at radius 2 is 1.74 bits per heavy atom. The molecule has 0 radical (unpaired) electrons. The van der Waals surface area contributed by atoms with Crippen LogP contribution < -0.4 is 5.32 Å². The van der Waals surface area contributed by atoms with Crippen molar-refractivity contribution in [1.82, 2.24) is 25.1 Å². The molecule has 1 aliphatic heterocycles. The van der Waals surface area contributed by atoms with E-state index in [4.69, 9.17) is 0 Å². The van der Waals surface area contributed by atoms with E-state index in [2.05, 4.69) is 20.8 Å². The summed E-state index contributed by atoms with van der Waals surface area (Å²) in [5.41, 5.74) is 1.32. The van der Waals surface area contributed by atoms with Gasteiger partial charge in [-0.1, -0.05) is 12.2 Å². The number of anilines is 1. The molecule has 9 heteroatoms. The molecule has 2 bridgehead atoms. The molecular formula is C18H16N6O3. The van der Waals surface area contributed by atoms with E-state index in [1.54, 1.807) is 24.3 Å². The van der Waals surface area contributed by atoms with Crippen LogP contribution in [0.2, 0.25) is 0 Å². The van der Waals surface area contributed by atoms with Gasteiger partial charge in [0.2, 0.25) is 17.7 Å². The van der Waals surface area contributed by atoms with Crippen LogP contribution in [0.3, 0.4) is 0 Å². The summed E-state index contributed by atoms with van der Waals surface area (Å²) >= 11 is 0. The van der Waals surface area contributed by atoms with Crippen LogP contribution in [0.5, 0.6) is 0 Å². The third kappa shape index (κ3) is 2.46. The van der Waals surface area contributed by atoms with Crippen molar-refractivity contribution in [3.8, 4) is 5.69 Å². The summed E-state index contributed by atoms with van der Waals surface area (Å²) in [5, 5.41) is 13.7. The zero-order valence-electron chi connectivity index (χ0n) is 14.2. The van der Waals surface area contributed by atoms with E-state index >= 15 is 0 Å². The molecule has 5 rings (SSSR count). The molecule has 1 N–H and O–H groups in total. The standard InChI is InChI=1S/C18H16N6O3/c25-14(20-12-3-5-13(6-4-12)24-9-19-21-22-24)8-23-17(26)15-10-1-2-11(7-10)16(15)18(23)27/h1-6,9-11,15-16H,7-8H2,(H,20,25)/t10-,11+,15-,16-/m0/s1.